The molecule has 0 aliphatic heterocycles. The fourth-order valence-electron chi connectivity index (χ4n) is 4.71. The fourth-order valence-corrected chi connectivity index (χ4v) is 5.34. The molecule has 206 valence electrons. The maximum absolute atomic E-state index is 12.9. The standard InChI is InChI=1S/C33H46N2O2S/c1-6-7-8-9-10-11-12-13-19-37-31-21-27(17-18-30(31)33(3,4)5)22-32(36)34-29-16-14-15-28(20-29)24-35-23-26(2)38-25-35/h14-18,20-21,23,25H,6-13,19,22,24H2,1-5H3/p+1. The Labute approximate surface area is 234 Å². The van der Waals surface area contributed by atoms with E-state index in [1.54, 1.807) is 11.3 Å². The zero-order chi connectivity index (χ0) is 27.4. The Morgan fingerprint density at radius 2 is 1.68 bits per heavy atom. The number of nitrogens with zero attached hydrogens (tertiary/aromatic N) is 1. The third-order valence-electron chi connectivity index (χ3n) is 6.77. The number of hydrogen-bond donors (Lipinski definition) is 1. The van der Waals surface area contributed by atoms with Crippen LogP contribution in [0.4, 0.5) is 5.69 Å². The van der Waals surface area contributed by atoms with Gasteiger partial charge in [-0.05, 0) is 48.1 Å². The number of amides is 1. The molecule has 1 aromatic heterocycles. The minimum absolute atomic E-state index is 0.0151. The van der Waals surface area contributed by atoms with Crippen LogP contribution in [0.2, 0.25) is 0 Å². The zero-order valence-electron chi connectivity index (χ0n) is 24.1. The van der Waals surface area contributed by atoms with Crippen molar-refractivity contribution in [1.29, 1.82) is 0 Å². The van der Waals surface area contributed by atoms with Crippen molar-refractivity contribution in [3.63, 3.8) is 0 Å². The largest absolute Gasteiger partial charge is 0.493 e. The molecule has 1 amide bonds. The van der Waals surface area contributed by atoms with Gasteiger partial charge in [0.15, 0.2) is 12.7 Å². The smallest absolute Gasteiger partial charge is 0.228 e. The Hall–Kier alpha value is -2.66. The molecule has 38 heavy (non-hydrogen) atoms. The van der Waals surface area contributed by atoms with Crippen LogP contribution < -0.4 is 14.6 Å². The van der Waals surface area contributed by atoms with Crippen LogP contribution in [-0.2, 0) is 23.2 Å². The quantitative estimate of drug-likeness (QED) is 0.157. The molecule has 0 spiro atoms. The molecular weight excluding hydrogens is 488 g/mol. The number of carbonyl (C=O) groups excluding carboxylic acids is 1. The van der Waals surface area contributed by atoms with Crippen LogP contribution in [0.25, 0.3) is 0 Å². The summed E-state index contributed by atoms with van der Waals surface area (Å²) in [5.74, 6) is 0.898. The van der Waals surface area contributed by atoms with E-state index >= 15 is 0 Å². The van der Waals surface area contributed by atoms with Crippen LogP contribution in [0.1, 0.15) is 101 Å². The Balaban J connectivity index is 1.54. The minimum Gasteiger partial charge on any atom is -0.493 e. The average molecular weight is 536 g/mol. The van der Waals surface area contributed by atoms with E-state index < -0.39 is 0 Å². The number of ether oxygens (including phenoxy) is 1. The van der Waals surface area contributed by atoms with Crippen molar-refractivity contribution in [3.05, 3.63) is 75.7 Å². The fraction of sp³-hybridized carbons (Fsp3) is 0.515. The Morgan fingerprint density at radius 3 is 2.37 bits per heavy atom. The topological polar surface area (TPSA) is 42.2 Å². The van der Waals surface area contributed by atoms with Crippen LogP contribution >= 0.6 is 11.3 Å². The molecule has 0 saturated heterocycles. The lowest BCUT2D eigenvalue weighted by atomic mass is 9.85. The summed E-state index contributed by atoms with van der Waals surface area (Å²) in [7, 11) is 0. The van der Waals surface area contributed by atoms with Crippen LogP contribution in [0.3, 0.4) is 0 Å². The number of carbonyl (C=O) groups is 1. The molecule has 0 radical (unpaired) electrons. The molecule has 5 heteroatoms. The molecule has 0 aliphatic carbocycles. The molecule has 0 fully saturated rings. The van der Waals surface area contributed by atoms with Gasteiger partial charge in [-0.2, -0.15) is 4.57 Å². The summed E-state index contributed by atoms with van der Waals surface area (Å²) in [6.45, 7) is 12.5. The lowest BCUT2D eigenvalue weighted by Crippen LogP contribution is -2.30. The molecule has 0 aliphatic rings. The van der Waals surface area contributed by atoms with Crippen LogP contribution in [0.15, 0.2) is 54.2 Å². The van der Waals surface area contributed by atoms with E-state index in [1.807, 2.05) is 12.1 Å². The molecule has 0 unspecified atom stereocenters. The van der Waals surface area contributed by atoms with Crippen molar-refractivity contribution < 1.29 is 14.1 Å². The number of aromatic nitrogens is 1. The van der Waals surface area contributed by atoms with Gasteiger partial charge in [-0.25, -0.2) is 0 Å². The minimum atomic E-state index is -0.0190. The number of benzene rings is 2. The number of aryl methyl sites for hydroxylation is 1. The molecule has 1 N–H and O–H groups in total. The van der Waals surface area contributed by atoms with Gasteiger partial charge in [-0.3, -0.25) is 4.79 Å². The van der Waals surface area contributed by atoms with Gasteiger partial charge in [-0.15, -0.1) is 0 Å². The second kappa shape index (κ2) is 15.1. The molecule has 3 rings (SSSR count). The average Bonchev–Trinajstić information content (AvgIpc) is 3.26. The summed E-state index contributed by atoms with van der Waals surface area (Å²) in [5.41, 5.74) is 6.26. The van der Waals surface area contributed by atoms with Gasteiger partial charge in [0.25, 0.3) is 0 Å². The van der Waals surface area contributed by atoms with Gasteiger partial charge >= 0.3 is 0 Å². The number of rotatable bonds is 15. The van der Waals surface area contributed by atoms with E-state index in [1.165, 1.54) is 55.4 Å². The maximum Gasteiger partial charge on any atom is 0.228 e. The first-order valence-corrected chi connectivity index (χ1v) is 15.2. The summed E-state index contributed by atoms with van der Waals surface area (Å²) in [6, 6.07) is 14.4. The molecule has 2 aromatic carbocycles. The molecule has 0 saturated carbocycles. The summed E-state index contributed by atoms with van der Waals surface area (Å²) in [4.78, 5) is 14.2. The third-order valence-corrected chi connectivity index (χ3v) is 7.63. The van der Waals surface area contributed by atoms with E-state index in [-0.39, 0.29) is 11.3 Å². The maximum atomic E-state index is 12.9. The SMILES string of the molecule is CCCCCCCCCCOc1cc(CC(=O)Nc2cccc(C[n+]3csc(C)c3)c2)ccc1C(C)(C)C. The predicted octanol–water partition coefficient (Wildman–Crippen LogP) is 8.39. The van der Waals surface area contributed by atoms with Gasteiger partial charge in [-0.1, -0.05) is 108 Å². The lowest BCUT2D eigenvalue weighted by Gasteiger charge is -2.23. The van der Waals surface area contributed by atoms with Gasteiger partial charge in [0.2, 0.25) is 11.4 Å². The third kappa shape index (κ3) is 10.2. The lowest BCUT2D eigenvalue weighted by molar-refractivity contribution is -0.683. The highest BCUT2D eigenvalue weighted by Crippen LogP contribution is 2.32. The first-order chi connectivity index (χ1) is 18.2. The van der Waals surface area contributed by atoms with Gasteiger partial charge in [0, 0.05) is 11.3 Å². The van der Waals surface area contributed by atoms with Crippen molar-refractivity contribution in [3.8, 4) is 5.75 Å². The second-order valence-corrected chi connectivity index (χ2v) is 12.6. The van der Waals surface area contributed by atoms with Crippen LogP contribution in [0.5, 0.6) is 5.75 Å². The molecule has 4 nitrogen and oxygen atoms in total. The van der Waals surface area contributed by atoms with E-state index in [0.29, 0.717) is 6.42 Å². The van der Waals surface area contributed by atoms with Crippen LogP contribution in [0, 0.1) is 6.92 Å². The first kappa shape index (κ1) is 29.9. The number of nitrogens with one attached hydrogen (secondary N) is 1. The number of hydrogen-bond acceptors (Lipinski definition) is 3. The normalized spacial score (nSPS) is 11.5. The zero-order valence-corrected chi connectivity index (χ0v) is 25.0. The van der Waals surface area contributed by atoms with E-state index in [2.05, 4.69) is 86.5 Å². The van der Waals surface area contributed by atoms with Crippen molar-refractivity contribution >= 4 is 22.9 Å². The molecule has 3 aromatic rings. The van der Waals surface area contributed by atoms with Crippen molar-refractivity contribution in [1.82, 2.24) is 0 Å². The summed E-state index contributed by atoms with van der Waals surface area (Å²) < 4.78 is 8.46. The van der Waals surface area contributed by atoms with E-state index in [9.17, 15) is 4.79 Å². The highest BCUT2D eigenvalue weighted by Gasteiger charge is 2.20. The van der Waals surface area contributed by atoms with E-state index in [0.717, 1.165) is 42.1 Å². The van der Waals surface area contributed by atoms with Crippen molar-refractivity contribution in [2.45, 2.75) is 104 Å². The van der Waals surface area contributed by atoms with Crippen molar-refractivity contribution in [2.75, 3.05) is 11.9 Å². The molecular formula is C33H47N2O2S+. The summed E-state index contributed by atoms with van der Waals surface area (Å²) in [6.07, 6.45) is 12.7. The Kier molecular flexibility index (Phi) is 11.8. The van der Waals surface area contributed by atoms with Gasteiger partial charge < -0.3 is 10.1 Å². The summed E-state index contributed by atoms with van der Waals surface area (Å²) >= 11 is 1.74. The van der Waals surface area contributed by atoms with Gasteiger partial charge in [0.05, 0.1) is 17.9 Å². The second-order valence-electron chi connectivity index (χ2n) is 11.5. The monoisotopic (exact) mass is 535 g/mol. The van der Waals surface area contributed by atoms with Crippen molar-refractivity contribution in [2.24, 2.45) is 0 Å². The predicted molar refractivity (Wildman–Crippen MR) is 160 cm³/mol. The molecule has 1 heterocycles. The first-order valence-electron chi connectivity index (χ1n) is 14.3. The Morgan fingerprint density at radius 1 is 0.947 bits per heavy atom. The van der Waals surface area contributed by atoms with E-state index in [4.69, 9.17) is 4.74 Å². The molecule has 0 atom stereocenters. The Bertz CT molecular complexity index is 1150. The highest BCUT2D eigenvalue weighted by molar-refractivity contribution is 7.09. The number of thiazole rings is 1. The highest BCUT2D eigenvalue weighted by atomic mass is 32.1. The molecule has 0 bridgehead atoms. The summed E-state index contributed by atoms with van der Waals surface area (Å²) in [5, 5.41) is 3.08. The number of anilines is 1. The van der Waals surface area contributed by atoms with Gasteiger partial charge in [0.1, 0.15) is 5.75 Å². The van der Waals surface area contributed by atoms with Crippen LogP contribution in [-0.4, -0.2) is 12.5 Å². The number of unbranched alkanes of at least 4 members (excludes halogenated alkanes) is 7.